The van der Waals surface area contributed by atoms with Crippen LogP contribution in [0.15, 0.2) is 30.3 Å². The van der Waals surface area contributed by atoms with Gasteiger partial charge in [0.05, 0.1) is 0 Å². The number of halogens is 4. The Labute approximate surface area is 165 Å². The molecule has 0 N–H and O–H groups in total. The molecule has 0 aromatic heterocycles. The van der Waals surface area contributed by atoms with Crippen molar-refractivity contribution < 1.29 is 27.5 Å². The molecule has 0 bridgehead atoms. The Balaban J connectivity index is 1.53. The van der Waals surface area contributed by atoms with Gasteiger partial charge in [0.25, 0.3) is 0 Å². The van der Waals surface area contributed by atoms with Crippen molar-refractivity contribution in [3.63, 3.8) is 0 Å². The number of hydrogen-bond acceptors (Lipinski definition) is 3. The maximum absolute atomic E-state index is 12.5. The number of amides is 2. The van der Waals surface area contributed by atoms with Gasteiger partial charge in [-0.05, 0) is 60.1 Å². The molecule has 2 saturated heterocycles. The Morgan fingerprint density at radius 1 is 1.04 bits per heavy atom. The van der Waals surface area contributed by atoms with Crippen LogP contribution in [0.4, 0.5) is 18.0 Å². The number of carbonyl (C=O) groups is 2. The number of hydrogen-bond donors (Lipinski definition) is 0. The van der Waals surface area contributed by atoms with E-state index in [0.717, 1.165) is 12.8 Å². The van der Waals surface area contributed by atoms with Crippen molar-refractivity contribution in [3.8, 4) is 5.75 Å². The molecule has 1 aromatic rings. The van der Waals surface area contributed by atoms with Gasteiger partial charge in [-0.1, -0.05) is 12.1 Å². The molecule has 5 nitrogen and oxygen atoms in total. The molecule has 9 heteroatoms. The second kappa shape index (κ2) is 8.43. The maximum Gasteiger partial charge on any atom is 0.573 e. The van der Waals surface area contributed by atoms with Gasteiger partial charge >= 0.3 is 11.7 Å². The van der Waals surface area contributed by atoms with Gasteiger partial charge in [0.2, 0.25) is 5.91 Å². The Bertz CT molecular complexity index is 736. The summed E-state index contributed by atoms with van der Waals surface area (Å²) in [5.41, 5.74) is 0.603. The first kappa shape index (κ1) is 20.5. The molecule has 2 heterocycles. The molecule has 0 radical (unpaired) electrons. The molecule has 2 atom stereocenters. The zero-order valence-electron chi connectivity index (χ0n) is 15.0. The monoisotopic (exact) mass is 416 g/mol. The molecule has 0 aliphatic carbocycles. The topological polar surface area (TPSA) is 49.9 Å². The van der Waals surface area contributed by atoms with E-state index in [2.05, 4.69) is 4.74 Å². The number of ether oxygens (including phenoxy) is 1. The van der Waals surface area contributed by atoms with Gasteiger partial charge in [0.1, 0.15) is 5.75 Å². The van der Waals surface area contributed by atoms with Crippen LogP contribution in [0.1, 0.15) is 18.4 Å². The van der Waals surface area contributed by atoms with Crippen LogP contribution in [-0.2, 0) is 4.79 Å². The molecule has 0 saturated carbocycles. The summed E-state index contributed by atoms with van der Waals surface area (Å²) in [6, 6.07) is 5.31. The van der Waals surface area contributed by atoms with Crippen molar-refractivity contribution in [1.29, 1.82) is 0 Å². The van der Waals surface area contributed by atoms with Crippen LogP contribution in [0.5, 0.6) is 5.75 Å². The summed E-state index contributed by atoms with van der Waals surface area (Å²) in [5.74, 6) is 0.261. The number of benzene rings is 1. The van der Waals surface area contributed by atoms with E-state index in [0.29, 0.717) is 43.6 Å². The molecule has 0 spiro atoms. The van der Waals surface area contributed by atoms with Crippen LogP contribution >= 0.6 is 11.6 Å². The fourth-order valence-corrected chi connectivity index (χ4v) is 3.90. The quantitative estimate of drug-likeness (QED) is 0.423. The minimum absolute atomic E-state index is 0.138. The Morgan fingerprint density at radius 3 is 2.11 bits per heavy atom. The summed E-state index contributed by atoms with van der Waals surface area (Å²) < 4.78 is 40.3. The first-order chi connectivity index (χ1) is 13.2. The van der Waals surface area contributed by atoms with Gasteiger partial charge in [-0.15, -0.1) is 13.2 Å². The summed E-state index contributed by atoms with van der Waals surface area (Å²) >= 11 is 5.56. The number of carbonyl (C=O) groups excluding carboxylic acids is 2. The number of fused-ring (bicyclic) bond motifs is 1. The molecule has 2 amide bonds. The van der Waals surface area contributed by atoms with E-state index in [9.17, 15) is 22.8 Å². The highest BCUT2D eigenvalue weighted by molar-refractivity contribution is 6.62. The van der Waals surface area contributed by atoms with E-state index < -0.39 is 11.7 Å². The van der Waals surface area contributed by atoms with E-state index in [4.69, 9.17) is 11.6 Å². The summed E-state index contributed by atoms with van der Waals surface area (Å²) in [6.07, 6.45) is -0.107. The molecule has 1 aromatic carbocycles. The van der Waals surface area contributed by atoms with Gasteiger partial charge in [0.15, 0.2) is 0 Å². The SMILES string of the molecule is O=C(Cl)N1C[C@H]2CCN(C(=O)C=Cc3ccc(OC(F)(F)F)cc3)CC[C@H]2C1. The Morgan fingerprint density at radius 2 is 1.61 bits per heavy atom. The van der Waals surface area contributed by atoms with Gasteiger partial charge in [-0.3, -0.25) is 9.59 Å². The maximum atomic E-state index is 12.5. The summed E-state index contributed by atoms with van der Waals surface area (Å²) in [5, 5.41) is -0.421. The third-order valence-electron chi connectivity index (χ3n) is 5.21. The van der Waals surface area contributed by atoms with Crippen LogP contribution < -0.4 is 4.74 Å². The molecule has 2 aliphatic rings. The first-order valence-corrected chi connectivity index (χ1v) is 9.36. The number of alkyl halides is 3. The summed E-state index contributed by atoms with van der Waals surface area (Å²) in [4.78, 5) is 27.2. The largest absolute Gasteiger partial charge is 0.573 e. The van der Waals surface area contributed by atoms with E-state index >= 15 is 0 Å². The average molecular weight is 417 g/mol. The van der Waals surface area contributed by atoms with Gasteiger partial charge in [0, 0.05) is 32.3 Å². The van der Waals surface area contributed by atoms with Gasteiger partial charge in [-0.25, -0.2) is 0 Å². The lowest BCUT2D eigenvalue weighted by Gasteiger charge is -2.20. The second-order valence-electron chi connectivity index (χ2n) is 7.03. The third kappa shape index (κ3) is 5.41. The first-order valence-electron chi connectivity index (χ1n) is 8.98. The van der Waals surface area contributed by atoms with Crippen LogP contribution in [-0.4, -0.2) is 53.6 Å². The molecule has 152 valence electrons. The smallest absolute Gasteiger partial charge is 0.406 e. The van der Waals surface area contributed by atoms with Crippen molar-refractivity contribution in [2.24, 2.45) is 11.8 Å². The Hall–Kier alpha value is -2.22. The fraction of sp³-hybridized carbons (Fsp3) is 0.474. The molecule has 28 heavy (non-hydrogen) atoms. The molecule has 2 fully saturated rings. The average Bonchev–Trinajstić information content (AvgIpc) is 2.93. The predicted octanol–water partition coefficient (Wildman–Crippen LogP) is 4.13. The lowest BCUT2D eigenvalue weighted by atomic mass is 9.92. The lowest BCUT2D eigenvalue weighted by Crippen LogP contribution is -2.32. The normalized spacial score (nSPS) is 22.9. The van der Waals surface area contributed by atoms with Crippen LogP contribution in [0.3, 0.4) is 0 Å². The van der Waals surface area contributed by atoms with E-state index in [1.165, 1.54) is 30.3 Å². The van der Waals surface area contributed by atoms with Gasteiger partial charge < -0.3 is 14.5 Å². The summed E-state index contributed by atoms with van der Waals surface area (Å²) in [7, 11) is 0. The van der Waals surface area contributed by atoms with Crippen molar-refractivity contribution >= 4 is 29.0 Å². The predicted molar refractivity (Wildman–Crippen MR) is 97.8 cm³/mol. The molecular weight excluding hydrogens is 397 g/mol. The van der Waals surface area contributed by atoms with E-state index in [1.807, 2.05) is 0 Å². The fourth-order valence-electron chi connectivity index (χ4n) is 3.77. The van der Waals surface area contributed by atoms with Crippen LogP contribution in [0.25, 0.3) is 6.08 Å². The van der Waals surface area contributed by atoms with Crippen molar-refractivity contribution in [2.75, 3.05) is 26.2 Å². The number of rotatable bonds is 3. The zero-order valence-corrected chi connectivity index (χ0v) is 15.7. The second-order valence-corrected chi connectivity index (χ2v) is 7.35. The minimum atomic E-state index is -4.73. The highest BCUT2D eigenvalue weighted by Crippen LogP contribution is 2.32. The highest BCUT2D eigenvalue weighted by atomic mass is 35.5. The van der Waals surface area contributed by atoms with Crippen molar-refractivity contribution in [1.82, 2.24) is 9.80 Å². The molecule has 3 rings (SSSR count). The standard InChI is InChI=1S/C19H20ClF3N2O3/c20-18(27)25-11-14-7-9-24(10-8-15(14)12-25)17(26)6-3-13-1-4-16(5-2-13)28-19(21,22)23/h1-6,14-15H,7-12H2/t14-,15+. The minimum Gasteiger partial charge on any atom is -0.406 e. The summed E-state index contributed by atoms with van der Waals surface area (Å²) in [6.45, 7) is 2.48. The molecule has 0 unspecified atom stereocenters. The van der Waals surface area contributed by atoms with Gasteiger partial charge in [-0.2, -0.15) is 0 Å². The number of likely N-dealkylation sites (tertiary alicyclic amines) is 2. The van der Waals surface area contributed by atoms with Crippen molar-refractivity contribution in [3.05, 3.63) is 35.9 Å². The molecule has 2 aliphatic heterocycles. The Kier molecular flexibility index (Phi) is 6.17. The van der Waals surface area contributed by atoms with E-state index in [1.54, 1.807) is 15.9 Å². The van der Waals surface area contributed by atoms with Crippen LogP contribution in [0, 0.1) is 11.8 Å². The van der Waals surface area contributed by atoms with Crippen molar-refractivity contribution in [2.45, 2.75) is 19.2 Å². The third-order valence-corrected chi connectivity index (χ3v) is 5.45. The molecular formula is C19H20ClF3N2O3. The zero-order chi connectivity index (χ0) is 20.3. The number of nitrogens with zero attached hydrogens (tertiary/aromatic N) is 2. The lowest BCUT2D eigenvalue weighted by molar-refractivity contribution is -0.274. The van der Waals surface area contributed by atoms with Crippen LogP contribution in [0.2, 0.25) is 0 Å². The van der Waals surface area contributed by atoms with E-state index in [-0.39, 0.29) is 11.7 Å². The highest BCUT2D eigenvalue weighted by Gasteiger charge is 2.36.